The number of aromatic nitrogens is 1. The topological polar surface area (TPSA) is 106 Å². The smallest absolute Gasteiger partial charge is 0.409 e. The minimum Gasteiger partial charge on any atom is -0.487 e. The van der Waals surface area contributed by atoms with Gasteiger partial charge in [-0.25, -0.2) is 13.2 Å². The number of hydrogen-bond acceptors (Lipinski definition) is 7. The Morgan fingerprint density at radius 3 is 2.44 bits per heavy atom. The first-order valence-corrected chi connectivity index (χ1v) is 15.5. The molecule has 4 rings (SSSR count). The molecule has 1 amide bonds. The normalized spacial score (nSPS) is 17.4. The number of aliphatic hydroxyl groups excluding tert-OH is 1. The molecule has 1 aromatic heterocycles. The number of nitrogens with zero attached hydrogens (tertiary/aromatic N) is 2. The number of carbonyl (C=O) groups excluding carboxylic acids is 1. The van der Waals surface area contributed by atoms with E-state index in [1.807, 2.05) is 39.0 Å². The van der Waals surface area contributed by atoms with Crippen molar-refractivity contribution in [3.05, 3.63) is 47.7 Å². The van der Waals surface area contributed by atoms with Crippen LogP contribution < -0.4 is 4.74 Å². The van der Waals surface area contributed by atoms with E-state index in [0.717, 1.165) is 48.3 Å². The third-order valence-corrected chi connectivity index (χ3v) is 9.34. The van der Waals surface area contributed by atoms with Gasteiger partial charge in [0, 0.05) is 49.7 Å². The van der Waals surface area contributed by atoms with Gasteiger partial charge in [-0.05, 0) is 53.6 Å². The highest BCUT2D eigenvalue weighted by atomic mass is 32.2. The maximum atomic E-state index is 12.6. The van der Waals surface area contributed by atoms with Crippen molar-refractivity contribution in [1.29, 1.82) is 0 Å². The van der Waals surface area contributed by atoms with E-state index in [4.69, 9.17) is 9.47 Å². The number of benzene rings is 1. The van der Waals surface area contributed by atoms with Gasteiger partial charge in [-0.2, -0.15) is 0 Å². The summed E-state index contributed by atoms with van der Waals surface area (Å²) in [5.74, 6) is 0.697. The fraction of sp³-hybridized carbons (Fsp3) is 0.600. The number of aryl methyl sites for hydroxylation is 1. The molecule has 0 radical (unpaired) electrons. The lowest BCUT2D eigenvalue weighted by Crippen LogP contribution is -2.51. The summed E-state index contributed by atoms with van der Waals surface area (Å²) < 4.78 is 37.1. The van der Waals surface area contributed by atoms with Crippen molar-refractivity contribution in [3.63, 3.8) is 0 Å². The third kappa shape index (κ3) is 7.72. The van der Waals surface area contributed by atoms with Crippen LogP contribution in [0.2, 0.25) is 0 Å². The molecule has 9 heteroatoms. The van der Waals surface area contributed by atoms with Gasteiger partial charge in [0.15, 0.2) is 9.84 Å². The fourth-order valence-corrected chi connectivity index (χ4v) is 7.19. The standard InChI is InChI=1S/C30H42N2O6S/c1-28(2,3)20-37-27(34)32-14-12-30(13-15-32)11-10-24-16-23(7-9-26(24)38-30)25-8-6-22(17-31-25)18-39(35,36)21-29(4,5)19-33/h6-9,16-17,33H,10-15,18-21H2,1-5H3. The molecule has 2 aromatic rings. The molecular weight excluding hydrogens is 516 g/mol. The average Bonchev–Trinajstić information content (AvgIpc) is 2.86. The van der Waals surface area contributed by atoms with E-state index < -0.39 is 15.3 Å². The average molecular weight is 559 g/mol. The predicted octanol–water partition coefficient (Wildman–Crippen LogP) is 5.02. The third-order valence-electron chi connectivity index (χ3n) is 7.34. The Morgan fingerprint density at radius 1 is 1.10 bits per heavy atom. The monoisotopic (exact) mass is 558 g/mol. The van der Waals surface area contributed by atoms with Crippen LogP contribution in [0.1, 0.15) is 65.0 Å². The quantitative estimate of drug-likeness (QED) is 0.508. The van der Waals surface area contributed by atoms with E-state index in [1.165, 1.54) is 0 Å². The van der Waals surface area contributed by atoms with Crippen molar-refractivity contribution >= 4 is 15.9 Å². The molecule has 2 aliphatic heterocycles. The van der Waals surface area contributed by atoms with E-state index in [0.29, 0.717) is 25.3 Å². The number of likely N-dealkylation sites (tertiary alicyclic amines) is 1. The molecule has 0 atom stereocenters. The molecule has 0 unspecified atom stereocenters. The molecule has 0 aliphatic carbocycles. The Bertz CT molecular complexity index is 1270. The molecule has 0 bridgehead atoms. The van der Waals surface area contributed by atoms with Crippen molar-refractivity contribution in [2.45, 2.75) is 71.7 Å². The largest absolute Gasteiger partial charge is 0.487 e. The molecule has 1 aromatic carbocycles. The summed E-state index contributed by atoms with van der Waals surface area (Å²) in [5, 5.41) is 9.41. The number of fused-ring (bicyclic) bond motifs is 1. The number of pyridine rings is 1. The molecule has 214 valence electrons. The van der Waals surface area contributed by atoms with Gasteiger partial charge in [0.25, 0.3) is 0 Å². The maximum absolute atomic E-state index is 12.6. The molecule has 3 heterocycles. The lowest BCUT2D eigenvalue weighted by Gasteiger charge is -2.44. The summed E-state index contributed by atoms with van der Waals surface area (Å²) >= 11 is 0. The first-order valence-electron chi connectivity index (χ1n) is 13.7. The molecule has 1 spiro atoms. The minimum absolute atomic E-state index is 0.0575. The summed E-state index contributed by atoms with van der Waals surface area (Å²) in [7, 11) is -3.37. The number of ether oxygens (including phenoxy) is 2. The van der Waals surface area contributed by atoms with Crippen molar-refractivity contribution in [3.8, 4) is 17.0 Å². The molecule has 8 nitrogen and oxygen atoms in total. The van der Waals surface area contributed by atoms with Crippen LogP contribution in [0.5, 0.6) is 5.75 Å². The molecule has 1 saturated heterocycles. The van der Waals surface area contributed by atoms with Gasteiger partial charge in [-0.1, -0.05) is 40.7 Å². The first kappa shape index (κ1) is 29.3. The van der Waals surface area contributed by atoms with Gasteiger partial charge < -0.3 is 19.5 Å². The Hall–Kier alpha value is -2.65. The molecule has 1 fully saturated rings. The zero-order chi connectivity index (χ0) is 28.5. The maximum Gasteiger partial charge on any atom is 0.409 e. The van der Waals surface area contributed by atoms with E-state index in [2.05, 4.69) is 11.1 Å². The van der Waals surface area contributed by atoms with Crippen LogP contribution in [-0.2, 0) is 26.7 Å². The van der Waals surface area contributed by atoms with E-state index in [9.17, 15) is 18.3 Å². The Morgan fingerprint density at radius 2 is 1.82 bits per heavy atom. The van der Waals surface area contributed by atoms with Crippen molar-refractivity contribution in [2.24, 2.45) is 10.8 Å². The lowest BCUT2D eigenvalue weighted by molar-refractivity contribution is -0.0171. The van der Waals surface area contributed by atoms with Gasteiger partial charge in [0.2, 0.25) is 0 Å². The van der Waals surface area contributed by atoms with Crippen molar-refractivity contribution in [1.82, 2.24) is 9.88 Å². The van der Waals surface area contributed by atoms with Gasteiger partial charge in [0.1, 0.15) is 11.4 Å². The van der Waals surface area contributed by atoms with E-state index in [-0.39, 0.29) is 35.2 Å². The predicted molar refractivity (Wildman–Crippen MR) is 151 cm³/mol. The van der Waals surface area contributed by atoms with Crippen molar-refractivity contribution < 1.29 is 27.8 Å². The zero-order valence-electron chi connectivity index (χ0n) is 23.8. The number of amides is 1. The molecule has 2 aliphatic rings. The van der Waals surface area contributed by atoms with Crippen LogP contribution in [0.25, 0.3) is 11.3 Å². The van der Waals surface area contributed by atoms with Gasteiger partial charge in [0.05, 0.1) is 23.8 Å². The highest BCUT2D eigenvalue weighted by Gasteiger charge is 2.41. The van der Waals surface area contributed by atoms with Crippen molar-refractivity contribution in [2.75, 3.05) is 32.1 Å². The summed E-state index contributed by atoms with van der Waals surface area (Å²) in [4.78, 5) is 18.8. The lowest BCUT2D eigenvalue weighted by atomic mass is 9.83. The number of hydrogen-bond donors (Lipinski definition) is 1. The van der Waals surface area contributed by atoms with E-state index >= 15 is 0 Å². The number of carbonyl (C=O) groups is 1. The van der Waals surface area contributed by atoms with Crippen LogP contribution in [-0.4, -0.2) is 67.2 Å². The van der Waals surface area contributed by atoms with Crippen LogP contribution >= 0.6 is 0 Å². The molecular formula is C30H42N2O6S. The van der Waals surface area contributed by atoms with Gasteiger partial charge in [-0.3, -0.25) is 4.98 Å². The Kier molecular flexibility index (Phi) is 8.34. The highest BCUT2D eigenvalue weighted by molar-refractivity contribution is 7.90. The van der Waals surface area contributed by atoms with Crippen LogP contribution in [0.3, 0.4) is 0 Å². The van der Waals surface area contributed by atoms with Crippen LogP contribution in [0, 0.1) is 10.8 Å². The summed E-state index contributed by atoms with van der Waals surface area (Å²) in [5.41, 5.74) is 2.50. The Labute approximate surface area is 232 Å². The number of rotatable bonds is 7. The number of piperidine rings is 1. The first-order chi connectivity index (χ1) is 18.2. The summed E-state index contributed by atoms with van der Waals surface area (Å²) in [6.07, 6.45) is 4.70. The Balaban J connectivity index is 1.36. The SMILES string of the molecule is CC(C)(C)COC(=O)N1CCC2(CCc3cc(-c4ccc(CS(=O)(=O)CC(C)(C)CO)cn4)ccc3O2)CC1. The molecule has 0 saturated carbocycles. The van der Waals surface area contributed by atoms with Crippen LogP contribution in [0.4, 0.5) is 4.79 Å². The number of aliphatic hydroxyl groups is 1. The number of sulfone groups is 1. The molecule has 39 heavy (non-hydrogen) atoms. The second kappa shape index (κ2) is 11.1. The molecule has 1 N–H and O–H groups in total. The summed E-state index contributed by atoms with van der Waals surface area (Å²) in [6, 6.07) is 9.73. The second-order valence-electron chi connectivity index (χ2n) is 13.1. The fourth-order valence-electron chi connectivity index (χ4n) is 5.13. The van der Waals surface area contributed by atoms with Gasteiger partial charge in [-0.15, -0.1) is 0 Å². The van der Waals surface area contributed by atoms with Crippen LogP contribution in [0.15, 0.2) is 36.5 Å². The van der Waals surface area contributed by atoms with Gasteiger partial charge >= 0.3 is 6.09 Å². The highest BCUT2D eigenvalue weighted by Crippen LogP contribution is 2.40. The summed E-state index contributed by atoms with van der Waals surface area (Å²) in [6.45, 7) is 11.1. The minimum atomic E-state index is -3.37. The second-order valence-corrected chi connectivity index (χ2v) is 15.2. The zero-order valence-corrected chi connectivity index (χ0v) is 24.6. The van der Waals surface area contributed by atoms with E-state index in [1.54, 1.807) is 31.0 Å².